The van der Waals surface area contributed by atoms with Crippen molar-refractivity contribution in [2.24, 2.45) is 0 Å². The van der Waals surface area contributed by atoms with Crippen LogP contribution in [0.2, 0.25) is 0 Å². The number of unbranched alkanes of at least 4 members (excludes halogenated alkanes) is 2. The highest BCUT2D eigenvalue weighted by molar-refractivity contribution is 5.74. The molecule has 1 aliphatic heterocycles. The quantitative estimate of drug-likeness (QED) is 0.634. The van der Waals surface area contributed by atoms with Crippen molar-refractivity contribution >= 4 is 5.97 Å². The number of carboxylic acids is 1. The van der Waals surface area contributed by atoms with Crippen LogP contribution in [0.25, 0.3) is 0 Å². The van der Waals surface area contributed by atoms with E-state index in [9.17, 15) is 4.79 Å². The minimum Gasteiger partial charge on any atom is -0.480 e. The second kappa shape index (κ2) is 4.45. The molecule has 0 aromatic carbocycles. The second-order valence-corrected chi connectivity index (χ2v) is 3.39. The molecule has 1 heterocycles. The number of nitrogens with zero attached hydrogens (tertiary/aromatic N) is 1. The molecule has 0 amide bonds. The van der Waals surface area contributed by atoms with Crippen molar-refractivity contribution in [3.63, 3.8) is 0 Å². The van der Waals surface area contributed by atoms with Crippen LogP contribution in [0.1, 0.15) is 32.6 Å². The summed E-state index contributed by atoms with van der Waals surface area (Å²) < 4.78 is 0. The van der Waals surface area contributed by atoms with E-state index in [1.54, 1.807) is 0 Å². The van der Waals surface area contributed by atoms with Crippen LogP contribution >= 0.6 is 0 Å². The highest BCUT2D eigenvalue weighted by Crippen LogP contribution is 2.17. The molecule has 1 rings (SSSR count). The highest BCUT2D eigenvalue weighted by atomic mass is 16.4. The molecule has 70 valence electrons. The molecule has 0 unspecified atom stereocenters. The summed E-state index contributed by atoms with van der Waals surface area (Å²) in [6, 6.07) is -0.179. The standard InChI is InChI=1S/C9H17NO2/c1-2-3-4-6-10-7-5-8(10)9(11)12/h8H,2-7H2,1H3,(H,11,12)/t8-/m1/s1. The van der Waals surface area contributed by atoms with E-state index in [1.165, 1.54) is 12.8 Å². The van der Waals surface area contributed by atoms with Gasteiger partial charge in [-0.2, -0.15) is 0 Å². The third-order valence-corrected chi connectivity index (χ3v) is 2.46. The van der Waals surface area contributed by atoms with Crippen molar-refractivity contribution in [2.45, 2.75) is 38.6 Å². The van der Waals surface area contributed by atoms with E-state index in [0.29, 0.717) is 0 Å². The van der Waals surface area contributed by atoms with Gasteiger partial charge in [-0.1, -0.05) is 19.8 Å². The van der Waals surface area contributed by atoms with Gasteiger partial charge in [-0.05, 0) is 19.4 Å². The second-order valence-electron chi connectivity index (χ2n) is 3.39. The summed E-state index contributed by atoms with van der Waals surface area (Å²) in [6.07, 6.45) is 4.39. The van der Waals surface area contributed by atoms with Gasteiger partial charge >= 0.3 is 5.97 Å². The van der Waals surface area contributed by atoms with E-state index in [0.717, 1.165) is 25.9 Å². The van der Waals surface area contributed by atoms with Gasteiger partial charge in [0.25, 0.3) is 0 Å². The van der Waals surface area contributed by atoms with E-state index in [2.05, 4.69) is 11.8 Å². The molecule has 0 saturated carbocycles. The van der Waals surface area contributed by atoms with Gasteiger partial charge in [0.05, 0.1) is 0 Å². The molecule has 3 heteroatoms. The van der Waals surface area contributed by atoms with Gasteiger partial charge in [0, 0.05) is 6.54 Å². The molecule has 12 heavy (non-hydrogen) atoms. The molecule has 0 aliphatic carbocycles. The van der Waals surface area contributed by atoms with Gasteiger partial charge < -0.3 is 5.11 Å². The molecule has 0 aromatic heterocycles. The third-order valence-electron chi connectivity index (χ3n) is 2.46. The zero-order valence-electron chi connectivity index (χ0n) is 7.62. The predicted molar refractivity (Wildman–Crippen MR) is 47.1 cm³/mol. The van der Waals surface area contributed by atoms with Gasteiger partial charge in [0.2, 0.25) is 0 Å². The average Bonchev–Trinajstić information content (AvgIpc) is 1.94. The Morgan fingerprint density at radius 1 is 1.58 bits per heavy atom. The summed E-state index contributed by atoms with van der Waals surface area (Å²) in [5.41, 5.74) is 0. The summed E-state index contributed by atoms with van der Waals surface area (Å²) >= 11 is 0. The largest absolute Gasteiger partial charge is 0.480 e. The Bertz CT molecular complexity index is 159. The van der Waals surface area contributed by atoms with Crippen molar-refractivity contribution in [1.29, 1.82) is 0 Å². The molecule has 1 N–H and O–H groups in total. The number of aliphatic carboxylic acids is 1. The van der Waals surface area contributed by atoms with Crippen molar-refractivity contribution < 1.29 is 9.90 Å². The third kappa shape index (κ3) is 2.21. The molecular formula is C9H17NO2. The van der Waals surface area contributed by atoms with Crippen molar-refractivity contribution in [3.8, 4) is 0 Å². The number of rotatable bonds is 5. The molecule has 3 nitrogen and oxygen atoms in total. The lowest BCUT2D eigenvalue weighted by Crippen LogP contribution is -2.52. The summed E-state index contributed by atoms with van der Waals surface area (Å²) in [6.45, 7) is 4.09. The number of carboxylic acid groups (broad SMARTS) is 1. The number of likely N-dealkylation sites (tertiary alicyclic amines) is 1. The molecule has 0 radical (unpaired) electrons. The van der Waals surface area contributed by atoms with Gasteiger partial charge in [0.15, 0.2) is 0 Å². The van der Waals surface area contributed by atoms with Crippen molar-refractivity contribution in [2.75, 3.05) is 13.1 Å². The van der Waals surface area contributed by atoms with Crippen LogP contribution in [0.3, 0.4) is 0 Å². The van der Waals surface area contributed by atoms with Crippen LogP contribution in [-0.4, -0.2) is 35.1 Å². The monoisotopic (exact) mass is 171 g/mol. The molecule has 0 spiro atoms. The first-order valence-electron chi connectivity index (χ1n) is 4.72. The lowest BCUT2D eigenvalue weighted by Gasteiger charge is -2.37. The predicted octanol–water partition coefficient (Wildman–Crippen LogP) is 1.34. The fraction of sp³-hybridized carbons (Fsp3) is 0.889. The lowest BCUT2D eigenvalue weighted by atomic mass is 10.0. The zero-order valence-corrected chi connectivity index (χ0v) is 7.62. The minimum atomic E-state index is -0.655. The van der Waals surface area contributed by atoms with Gasteiger partial charge in [0.1, 0.15) is 6.04 Å². The van der Waals surface area contributed by atoms with E-state index >= 15 is 0 Å². The minimum absolute atomic E-state index is 0.179. The first-order chi connectivity index (χ1) is 5.75. The van der Waals surface area contributed by atoms with Gasteiger partial charge in [-0.25, -0.2) is 0 Å². The highest BCUT2D eigenvalue weighted by Gasteiger charge is 2.32. The summed E-state index contributed by atoms with van der Waals surface area (Å²) in [7, 11) is 0. The Hall–Kier alpha value is -0.570. The van der Waals surface area contributed by atoms with Crippen molar-refractivity contribution in [1.82, 2.24) is 4.90 Å². The SMILES string of the molecule is CCCCCN1CC[C@@H]1C(=O)O. The molecule has 0 bridgehead atoms. The molecule has 1 atom stereocenters. The van der Waals surface area contributed by atoms with E-state index in [4.69, 9.17) is 5.11 Å². The Morgan fingerprint density at radius 3 is 2.75 bits per heavy atom. The van der Waals surface area contributed by atoms with Crippen LogP contribution in [-0.2, 0) is 4.79 Å². The van der Waals surface area contributed by atoms with Crippen molar-refractivity contribution in [3.05, 3.63) is 0 Å². The Morgan fingerprint density at radius 2 is 2.33 bits per heavy atom. The van der Waals surface area contributed by atoms with Crippen LogP contribution < -0.4 is 0 Å². The number of hydrogen-bond donors (Lipinski definition) is 1. The molecule has 0 aromatic rings. The molecule has 1 fully saturated rings. The maximum absolute atomic E-state index is 10.6. The fourth-order valence-corrected chi connectivity index (χ4v) is 1.55. The Kier molecular flexibility index (Phi) is 3.53. The normalized spacial score (nSPS) is 23.6. The molecule has 1 saturated heterocycles. The summed E-state index contributed by atoms with van der Waals surface area (Å²) in [5, 5.41) is 8.72. The smallest absolute Gasteiger partial charge is 0.320 e. The lowest BCUT2D eigenvalue weighted by molar-refractivity contribution is -0.148. The first kappa shape index (κ1) is 9.52. The fourth-order valence-electron chi connectivity index (χ4n) is 1.55. The topological polar surface area (TPSA) is 40.5 Å². The van der Waals surface area contributed by atoms with Gasteiger partial charge in [-0.15, -0.1) is 0 Å². The molecular weight excluding hydrogens is 154 g/mol. The maximum Gasteiger partial charge on any atom is 0.320 e. The van der Waals surface area contributed by atoms with Crippen LogP contribution in [0.5, 0.6) is 0 Å². The van der Waals surface area contributed by atoms with Gasteiger partial charge in [-0.3, -0.25) is 9.69 Å². The number of carbonyl (C=O) groups is 1. The average molecular weight is 171 g/mol. The molecule has 1 aliphatic rings. The Labute approximate surface area is 73.4 Å². The summed E-state index contributed by atoms with van der Waals surface area (Å²) in [4.78, 5) is 12.6. The summed E-state index contributed by atoms with van der Waals surface area (Å²) in [5.74, 6) is -0.655. The Balaban J connectivity index is 2.12. The number of hydrogen-bond acceptors (Lipinski definition) is 2. The van der Waals surface area contributed by atoms with E-state index < -0.39 is 5.97 Å². The first-order valence-corrected chi connectivity index (χ1v) is 4.72. The van der Waals surface area contributed by atoms with E-state index in [-0.39, 0.29) is 6.04 Å². The maximum atomic E-state index is 10.6. The van der Waals surface area contributed by atoms with Crippen LogP contribution in [0.15, 0.2) is 0 Å². The zero-order chi connectivity index (χ0) is 8.97. The van der Waals surface area contributed by atoms with Crippen LogP contribution in [0, 0.1) is 0 Å². The van der Waals surface area contributed by atoms with Crippen LogP contribution in [0.4, 0.5) is 0 Å². The van der Waals surface area contributed by atoms with E-state index in [1.807, 2.05) is 0 Å².